The van der Waals surface area contributed by atoms with Crippen LogP contribution in [0, 0.1) is 0 Å². The van der Waals surface area contributed by atoms with Crippen molar-refractivity contribution >= 4 is 15.8 Å². The van der Waals surface area contributed by atoms with Crippen LogP contribution in [0.2, 0.25) is 0 Å². The molecule has 0 aliphatic heterocycles. The molecular weight excluding hydrogens is 331 g/mol. The summed E-state index contributed by atoms with van der Waals surface area (Å²) in [7, 11) is -1.51. The molecule has 0 aliphatic rings. The van der Waals surface area contributed by atoms with E-state index in [2.05, 4.69) is 4.74 Å². The maximum atomic E-state index is 11.9. The third-order valence-electron chi connectivity index (χ3n) is 4.15. The van der Waals surface area contributed by atoms with Crippen molar-refractivity contribution in [2.45, 2.75) is 83.5 Å². The fourth-order valence-electron chi connectivity index (χ4n) is 2.63. The second-order valence-corrected chi connectivity index (χ2v) is 8.71. The number of ether oxygens (including phenoxy) is 1. The molecule has 0 bridgehead atoms. The summed E-state index contributed by atoms with van der Waals surface area (Å²) >= 11 is 0. The average molecular weight is 367 g/mol. The first kappa shape index (κ1) is 23.4. The first-order valence-electron chi connectivity index (χ1n) is 9.35. The van der Waals surface area contributed by atoms with E-state index >= 15 is 0 Å². The van der Waals surface area contributed by atoms with Crippen LogP contribution in [0.4, 0.5) is 4.39 Å². The van der Waals surface area contributed by atoms with Crippen molar-refractivity contribution in [1.82, 2.24) is 0 Å². The molecule has 0 aliphatic carbocycles. The molecule has 0 fully saturated rings. The highest BCUT2D eigenvalue weighted by atomic mass is 32.2. The van der Waals surface area contributed by atoms with Gasteiger partial charge in [-0.05, 0) is 25.7 Å². The number of carbonyl (C=O) groups is 1. The third kappa shape index (κ3) is 16.2. The fourth-order valence-corrected chi connectivity index (χ4v) is 4.12. The van der Waals surface area contributed by atoms with E-state index in [9.17, 15) is 17.6 Å². The van der Waals surface area contributed by atoms with E-state index < -0.39 is 9.84 Å². The zero-order valence-electron chi connectivity index (χ0n) is 15.2. The van der Waals surface area contributed by atoms with Gasteiger partial charge in [0, 0.05) is 6.42 Å². The SMILES string of the molecule is COC(=O)CCCCCCCCCS(=O)(=O)CCCCCCCF. The molecule has 6 heteroatoms. The number of sulfone groups is 1. The first-order chi connectivity index (χ1) is 11.5. The lowest BCUT2D eigenvalue weighted by molar-refractivity contribution is -0.140. The van der Waals surface area contributed by atoms with Gasteiger partial charge in [-0.25, -0.2) is 8.42 Å². The minimum absolute atomic E-state index is 0.150. The predicted molar refractivity (Wildman–Crippen MR) is 96.7 cm³/mol. The number of hydrogen-bond donors (Lipinski definition) is 0. The minimum Gasteiger partial charge on any atom is -0.469 e. The largest absolute Gasteiger partial charge is 0.469 e. The number of carbonyl (C=O) groups excluding carboxylic acids is 1. The summed E-state index contributed by atoms with van der Waals surface area (Å²) in [5.41, 5.74) is 0. The van der Waals surface area contributed by atoms with Crippen molar-refractivity contribution in [1.29, 1.82) is 0 Å². The molecule has 0 saturated heterocycles. The molecule has 0 unspecified atom stereocenters. The number of halogens is 1. The van der Waals surface area contributed by atoms with Crippen molar-refractivity contribution in [3.8, 4) is 0 Å². The van der Waals surface area contributed by atoms with Gasteiger partial charge in [-0.2, -0.15) is 0 Å². The van der Waals surface area contributed by atoms with E-state index in [0.717, 1.165) is 64.2 Å². The highest BCUT2D eigenvalue weighted by Gasteiger charge is 2.09. The zero-order chi connectivity index (χ0) is 18.1. The minimum atomic E-state index is -2.91. The van der Waals surface area contributed by atoms with Gasteiger partial charge in [0.1, 0.15) is 9.84 Å². The molecule has 0 amide bonds. The van der Waals surface area contributed by atoms with Crippen molar-refractivity contribution < 1.29 is 22.3 Å². The summed E-state index contributed by atoms with van der Waals surface area (Å²) in [6.45, 7) is -0.274. The smallest absolute Gasteiger partial charge is 0.305 e. The highest BCUT2D eigenvalue weighted by molar-refractivity contribution is 7.91. The van der Waals surface area contributed by atoms with Gasteiger partial charge in [0.25, 0.3) is 0 Å². The molecule has 4 nitrogen and oxygen atoms in total. The molecule has 0 aromatic carbocycles. The van der Waals surface area contributed by atoms with Crippen LogP contribution in [0.5, 0.6) is 0 Å². The lowest BCUT2D eigenvalue weighted by atomic mass is 10.1. The molecule has 0 rings (SSSR count). The second-order valence-electron chi connectivity index (χ2n) is 6.41. The molecular formula is C18H35FO4S. The summed E-state index contributed by atoms with van der Waals surface area (Å²) in [6.07, 6.45) is 11.3. The van der Waals surface area contributed by atoms with Gasteiger partial charge >= 0.3 is 5.97 Å². The van der Waals surface area contributed by atoms with Crippen LogP contribution in [0.25, 0.3) is 0 Å². The standard InChI is InChI=1S/C18H35FO4S/c1-23-18(20)14-10-6-3-2-4-8-12-16-24(21,22)17-13-9-5-7-11-15-19/h2-17H2,1H3. The molecule has 0 aromatic heterocycles. The fraction of sp³-hybridized carbons (Fsp3) is 0.944. The van der Waals surface area contributed by atoms with Crippen LogP contribution in [0.15, 0.2) is 0 Å². The van der Waals surface area contributed by atoms with E-state index in [1.54, 1.807) is 0 Å². The Morgan fingerprint density at radius 1 is 0.750 bits per heavy atom. The first-order valence-corrected chi connectivity index (χ1v) is 11.2. The van der Waals surface area contributed by atoms with Gasteiger partial charge in [0.15, 0.2) is 0 Å². The average Bonchev–Trinajstić information content (AvgIpc) is 2.56. The van der Waals surface area contributed by atoms with Gasteiger partial charge in [0.05, 0.1) is 25.3 Å². The number of esters is 1. The van der Waals surface area contributed by atoms with Crippen LogP contribution in [-0.4, -0.2) is 39.7 Å². The van der Waals surface area contributed by atoms with E-state index in [4.69, 9.17) is 0 Å². The van der Waals surface area contributed by atoms with Crippen LogP contribution >= 0.6 is 0 Å². The molecule has 0 atom stereocenters. The number of hydrogen-bond acceptors (Lipinski definition) is 4. The molecule has 24 heavy (non-hydrogen) atoms. The Kier molecular flexibility index (Phi) is 15.4. The van der Waals surface area contributed by atoms with E-state index in [1.165, 1.54) is 7.11 Å². The van der Waals surface area contributed by atoms with E-state index in [0.29, 0.717) is 25.0 Å². The number of methoxy groups -OCH3 is 1. The lowest BCUT2D eigenvalue weighted by Gasteiger charge is -2.05. The van der Waals surface area contributed by atoms with Crippen molar-refractivity contribution in [3.63, 3.8) is 0 Å². The van der Waals surface area contributed by atoms with Gasteiger partial charge in [0.2, 0.25) is 0 Å². The molecule has 0 N–H and O–H groups in total. The Bertz CT molecular complexity index is 396. The van der Waals surface area contributed by atoms with Crippen LogP contribution in [0.1, 0.15) is 83.5 Å². The second kappa shape index (κ2) is 15.9. The van der Waals surface area contributed by atoms with Crippen LogP contribution in [0.3, 0.4) is 0 Å². The Balaban J connectivity index is 3.40. The summed E-state index contributed by atoms with van der Waals surface area (Å²) in [6, 6.07) is 0. The zero-order valence-corrected chi connectivity index (χ0v) is 16.0. The maximum Gasteiger partial charge on any atom is 0.305 e. The lowest BCUT2D eigenvalue weighted by Crippen LogP contribution is -2.11. The molecule has 0 radical (unpaired) electrons. The summed E-state index contributed by atoms with van der Waals surface area (Å²) in [5, 5.41) is 0. The monoisotopic (exact) mass is 366 g/mol. The van der Waals surface area contributed by atoms with Gasteiger partial charge < -0.3 is 4.74 Å². The van der Waals surface area contributed by atoms with Crippen molar-refractivity contribution in [2.75, 3.05) is 25.3 Å². The Hall–Kier alpha value is -0.650. The normalized spacial score (nSPS) is 11.6. The quantitative estimate of drug-likeness (QED) is 0.278. The molecule has 0 heterocycles. The molecule has 0 aromatic rings. The van der Waals surface area contributed by atoms with Gasteiger partial charge in [-0.15, -0.1) is 0 Å². The Morgan fingerprint density at radius 2 is 1.17 bits per heavy atom. The highest BCUT2D eigenvalue weighted by Crippen LogP contribution is 2.11. The van der Waals surface area contributed by atoms with E-state index in [1.807, 2.05) is 0 Å². The van der Waals surface area contributed by atoms with Crippen LogP contribution < -0.4 is 0 Å². The summed E-state index contributed by atoms with van der Waals surface area (Å²) in [5.74, 6) is 0.415. The molecule has 0 spiro atoms. The molecule has 0 saturated carbocycles. The van der Waals surface area contributed by atoms with Crippen molar-refractivity contribution in [2.24, 2.45) is 0 Å². The van der Waals surface area contributed by atoms with E-state index in [-0.39, 0.29) is 18.4 Å². The molecule has 144 valence electrons. The number of unbranched alkanes of at least 4 members (excludes halogenated alkanes) is 10. The predicted octanol–water partition coefficient (Wildman–Crippen LogP) is 4.62. The Morgan fingerprint density at radius 3 is 1.62 bits per heavy atom. The summed E-state index contributed by atoms with van der Waals surface area (Å²) in [4.78, 5) is 10.9. The topological polar surface area (TPSA) is 60.4 Å². The van der Waals surface area contributed by atoms with Gasteiger partial charge in [-0.1, -0.05) is 51.4 Å². The van der Waals surface area contributed by atoms with Gasteiger partial charge in [-0.3, -0.25) is 9.18 Å². The number of rotatable bonds is 17. The number of alkyl halides is 1. The third-order valence-corrected chi connectivity index (χ3v) is 5.97. The van der Waals surface area contributed by atoms with Crippen molar-refractivity contribution in [3.05, 3.63) is 0 Å². The van der Waals surface area contributed by atoms with Crippen LogP contribution in [-0.2, 0) is 19.4 Å². The Labute approximate surface area is 147 Å². The summed E-state index contributed by atoms with van der Waals surface area (Å²) < 4.78 is 40.3. The maximum absolute atomic E-state index is 11.9.